The Hall–Kier alpha value is -1.26. The molecule has 104 valence electrons. The van der Waals surface area contributed by atoms with Crippen LogP contribution in [0.2, 0.25) is 0 Å². The van der Waals surface area contributed by atoms with E-state index in [2.05, 4.69) is 34.8 Å². The van der Waals surface area contributed by atoms with Crippen molar-refractivity contribution in [3.63, 3.8) is 0 Å². The molecule has 5 heteroatoms. The molecule has 0 aromatic heterocycles. The van der Waals surface area contributed by atoms with E-state index in [0.717, 1.165) is 31.8 Å². The second kappa shape index (κ2) is 7.95. The average Bonchev–Trinajstić information content (AvgIpc) is 3.15. The van der Waals surface area contributed by atoms with Gasteiger partial charge in [-0.25, -0.2) is 0 Å². The van der Waals surface area contributed by atoms with Crippen molar-refractivity contribution in [2.75, 3.05) is 26.7 Å². The molecule has 1 saturated carbocycles. The Kier molecular flexibility index (Phi) is 6.54. The van der Waals surface area contributed by atoms with Gasteiger partial charge in [0.1, 0.15) is 0 Å². The summed E-state index contributed by atoms with van der Waals surface area (Å²) in [6.45, 7) is 6.68. The van der Waals surface area contributed by atoms with Crippen molar-refractivity contribution in [2.45, 2.75) is 33.1 Å². The van der Waals surface area contributed by atoms with Gasteiger partial charge >= 0.3 is 0 Å². The van der Waals surface area contributed by atoms with Crippen molar-refractivity contribution in [3.05, 3.63) is 0 Å². The van der Waals surface area contributed by atoms with Crippen molar-refractivity contribution < 1.29 is 4.79 Å². The van der Waals surface area contributed by atoms with Crippen LogP contribution in [0.5, 0.6) is 0 Å². The van der Waals surface area contributed by atoms with Gasteiger partial charge in [0.15, 0.2) is 5.96 Å². The highest BCUT2D eigenvalue weighted by molar-refractivity contribution is 5.81. The van der Waals surface area contributed by atoms with Gasteiger partial charge in [0.2, 0.25) is 5.91 Å². The number of nitrogens with zero attached hydrogens (tertiary/aromatic N) is 1. The lowest BCUT2D eigenvalue weighted by atomic mass is 10.1. The predicted molar refractivity (Wildman–Crippen MR) is 74.6 cm³/mol. The number of nitrogens with one attached hydrogen (secondary N) is 3. The van der Waals surface area contributed by atoms with Crippen molar-refractivity contribution in [1.82, 2.24) is 16.0 Å². The molecule has 3 N–H and O–H groups in total. The van der Waals surface area contributed by atoms with E-state index in [1.807, 2.05) is 0 Å². The third kappa shape index (κ3) is 6.47. The highest BCUT2D eigenvalue weighted by Gasteiger charge is 2.28. The lowest BCUT2D eigenvalue weighted by Crippen LogP contribution is -2.42. The van der Waals surface area contributed by atoms with E-state index in [4.69, 9.17) is 0 Å². The van der Waals surface area contributed by atoms with E-state index in [1.165, 1.54) is 0 Å². The molecule has 1 aliphatic rings. The molecule has 0 heterocycles. The molecule has 5 nitrogen and oxygen atoms in total. The average molecular weight is 254 g/mol. The molecule has 0 aromatic carbocycles. The molecule has 0 unspecified atom stereocenters. The number of carbonyl (C=O) groups excluding carboxylic acids is 1. The van der Waals surface area contributed by atoms with Crippen LogP contribution in [0.3, 0.4) is 0 Å². The zero-order chi connectivity index (χ0) is 13.4. The van der Waals surface area contributed by atoms with Crippen LogP contribution in [0.4, 0.5) is 0 Å². The monoisotopic (exact) mass is 254 g/mol. The quantitative estimate of drug-likeness (QED) is 0.356. The molecule has 0 saturated heterocycles. The number of hydrogen-bond donors (Lipinski definition) is 3. The van der Waals surface area contributed by atoms with Gasteiger partial charge in [-0.15, -0.1) is 0 Å². The molecule has 0 bridgehead atoms. The first-order chi connectivity index (χ1) is 8.63. The van der Waals surface area contributed by atoms with Gasteiger partial charge in [-0.05, 0) is 25.2 Å². The highest BCUT2D eigenvalue weighted by atomic mass is 16.2. The predicted octanol–water partition coefficient (Wildman–Crippen LogP) is 0.724. The molecule has 1 aliphatic carbocycles. The van der Waals surface area contributed by atoms with Crippen LogP contribution in [-0.4, -0.2) is 38.5 Å². The van der Waals surface area contributed by atoms with Crippen LogP contribution in [-0.2, 0) is 4.79 Å². The van der Waals surface area contributed by atoms with Crippen LogP contribution < -0.4 is 16.0 Å². The first kappa shape index (κ1) is 14.8. The van der Waals surface area contributed by atoms with Gasteiger partial charge in [-0.1, -0.05) is 13.8 Å². The highest BCUT2D eigenvalue weighted by Crippen LogP contribution is 2.28. The first-order valence-electron chi connectivity index (χ1n) is 6.85. The van der Waals surface area contributed by atoms with Gasteiger partial charge in [0, 0.05) is 32.6 Å². The number of amides is 1. The summed E-state index contributed by atoms with van der Waals surface area (Å²) in [6, 6.07) is 0. The van der Waals surface area contributed by atoms with E-state index < -0.39 is 0 Å². The molecule has 0 spiro atoms. The summed E-state index contributed by atoms with van der Waals surface area (Å²) in [6.07, 6.45) is 3.23. The summed E-state index contributed by atoms with van der Waals surface area (Å²) >= 11 is 0. The molecule has 0 atom stereocenters. The minimum atomic E-state index is 0.194. The molecule has 1 amide bonds. The van der Waals surface area contributed by atoms with Gasteiger partial charge in [0.05, 0.1) is 0 Å². The fourth-order valence-electron chi connectivity index (χ4n) is 1.56. The van der Waals surface area contributed by atoms with Crippen LogP contribution in [0, 0.1) is 11.8 Å². The maximum absolute atomic E-state index is 11.4. The number of guanidine groups is 1. The molecule has 0 aromatic rings. The standard InChI is InChI=1S/C13H26N4O/c1-10(2)6-7-16-13(14-3)17-9-8-15-12(18)11-4-5-11/h10-11H,4-9H2,1-3H3,(H,15,18)(H2,14,16,17). The summed E-state index contributed by atoms with van der Waals surface area (Å²) in [4.78, 5) is 15.5. The van der Waals surface area contributed by atoms with Crippen LogP contribution in [0.15, 0.2) is 4.99 Å². The van der Waals surface area contributed by atoms with Gasteiger partial charge in [-0.2, -0.15) is 0 Å². The van der Waals surface area contributed by atoms with Crippen LogP contribution in [0.25, 0.3) is 0 Å². The normalized spacial score (nSPS) is 15.7. The summed E-state index contributed by atoms with van der Waals surface area (Å²) < 4.78 is 0. The van der Waals surface area contributed by atoms with E-state index in [9.17, 15) is 4.79 Å². The Morgan fingerprint density at radius 3 is 2.33 bits per heavy atom. The van der Waals surface area contributed by atoms with E-state index in [-0.39, 0.29) is 11.8 Å². The maximum Gasteiger partial charge on any atom is 0.223 e. The second-order valence-corrected chi connectivity index (χ2v) is 5.17. The lowest BCUT2D eigenvalue weighted by Gasteiger charge is -2.13. The second-order valence-electron chi connectivity index (χ2n) is 5.17. The number of rotatable bonds is 7. The number of hydrogen-bond acceptors (Lipinski definition) is 2. The van der Waals surface area contributed by atoms with Crippen molar-refractivity contribution in [1.29, 1.82) is 0 Å². The SMILES string of the molecule is CN=C(NCCNC(=O)C1CC1)NCCC(C)C. The molecular weight excluding hydrogens is 228 g/mol. The minimum absolute atomic E-state index is 0.194. The summed E-state index contributed by atoms with van der Waals surface area (Å²) in [7, 11) is 1.76. The molecular formula is C13H26N4O. The molecule has 18 heavy (non-hydrogen) atoms. The Balaban J connectivity index is 2.02. The molecule has 1 rings (SSSR count). The van der Waals surface area contributed by atoms with E-state index in [0.29, 0.717) is 19.0 Å². The first-order valence-corrected chi connectivity index (χ1v) is 6.85. The Morgan fingerprint density at radius 1 is 1.17 bits per heavy atom. The van der Waals surface area contributed by atoms with Crippen molar-refractivity contribution >= 4 is 11.9 Å². The number of aliphatic imine (C=N–C) groups is 1. The molecule has 1 fully saturated rings. The molecule has 0 radical (unpaired) electrons. The zero-order valence-electron chi connectivity index (χ0n) is 11.8. The zero-order valence-corrected chi connectivity index (χ0v) is 11.8. The third-order valence-electron chi connectivity index (χ3n) is 2.90. The lowest BCUT2D eigenvalue weighted by molar-refractivity contribution is -0.122. The van der Waals surface area contributed by atoms with Gasteiger partial charge in [-0.3, -0.25) is 9.79 Å². The van der Waals surface area contributed by atoms with Crippen molar-refractivity contribution in [2.24, 2.45) is 16.8 Å². The maximum atomic E-state index is 11.4. The fourth-order valence-corrected chi connectivity index (χ4v) is 1.56. The van der Waals surface area contributed by atoms with Crippen molar-refractivity contribution in [3.8, 4) is 0 Å². The van der Waals surface area contributed by atoms with Crippen LogP contribution >= 0.6 is 0 Å². The summed E-state index contributed by atoms with van der Waals surface area (Å²) in [5.74, 6) is 1.97. The Labute approximate surface area is 110 Å². The fraction of sp³-hybridized carbons (Fsp3) is 0.846. The summed E-state index contributed by atoms with van der Waals surface area (Å²) in [5.41, 5.74) is 0. The smallest absolute Gasteiger partial charge is 0.223 e. The summed E-state index contributed by atoms with van der Waals surface area (Å²) in [5, 5.41) is 9.35. The topological polar surface area (TPSA) is 65.5 Å². The van der Waals surface area contributed by atoms with Gasteiger partial charge < -0.3 is 16.0 Å². The van der Waals surface area contributed by atoms with Gasteiger partial charge in [0.25, 0.3) is 0 Å². The number of carbonyl (C=O) groups is 1. The van der Waals surface area contributed by atoms with E-state index in [1.54, 1.807) is 7.05 Å². The van der Waals surface area contributed by atoms with E-state index >= 15 is 0 Å². The largest absolute Gasteiger partial charge is 0.356 e. The third-order valence-corrected chi connectivity index (χ3v) is 2.90. The van der Waals surface area contributed by atoms with Crippen LogP contribution in [0.1, 0.15) is 33.1 Å². The minimum Gasteiger partial charge on any atom is -0.356 e. The molecule has 0 aliphatic heterocycles. The Morgan fingerprint density at radius 2 is 1.78 bits per heavy atom. The Bertz CT molecular complexity index is 285.